The predicted octanol–water partition coefficient (Wildman–Crippen LogP) is 1.47. The van der Waals surface area contributed by atoms with Crippen LogP contribution in [0.1, 0.15) is 37.4 Å². The molecule has 1 N–H and O–H groups in total. The van der Waals surface area contributed by atoms with Crippen molar-refractivity contribution in [1.82, 2.24) is 0 Å². The lowest BCUT2D eigenvalue weighted by Crippen LogP contribution is -2.21. The third-order valence-corrected chi connectivity index (χ3v) is 5.13. The highest BCUT2D eigenvalue weighted by Gasteiger charge is 2.41. The molecule has 0 bridgehead atoms. The Hall–Kier alpha value is -2.80. The zero-order valence-electron chi connectivity index (χ0n) is 10.9. The molecule has 4 rings (SSSR count). The van der Waals surface area contributed by atoms with E-state index in [0.717, 1.165) is 6.07 Å². The number of carbonyl (C=O) groups excluding carboxylic acids is 1. The summed E-state index contributed by atoms with van der Waals surface area (Å²) in [7, 11) is -4.14. The van der Waals surface area contributed by atoms with E-state index in [9.17, 15) is 23.1 Å². The van der Waals surface area contributed by atoms with E-state index in [1.807, 2.05) is 0 Å². The van der Waals surface area contributed by atoms with Gasteiger partial charge in [0.25, 0.3) is 10.0 Å². The summed E-state index contributed by atoms with van der Waals surface area (Å²) < 4.78 is 28.3. The molecule has 0 spiro atoms. The fraction of sp³-hybridized carbons (Fsp3) is 0. The first-order valence-electron chi connectivity index (χ1n) is 6.31. The maximum atomic E-state index is 12.5. The standard InChI is InChI=1S/C15H7NO5S/c17-13-8-4-2-1-3-7(8)12-11-9(13)5-6-10(15(18)19)14(11)22(20,21)16-12/h1-6H,(H,18,19). The molecule has 1 heterocycles. The Kier molecular flexibility index (Phi) is 2.28. The van der Waals surface area contributed by atoms with Crippen LogP contribution in [0.2, 0.25) is 0 Å². The molecule has 1 aliphatic carbocycles. The first-order valence-corrected chi connectivity index (χ1v) is 7.75. The van der Waals surface area contributed by atoms with Crippen LogP contribution in [0.25, 0.3) is 0 Å². The van der Waals surface area contributed by atoms with Crippen LogP contribution >= 0.6 is 0 Å². The van der Waals surface area contributed by atoms with Crippen LogP contribution in [0.15, 0.2) is 45.7 Å². The van der Waals surface area contributed by atoms with Crippen LogP contribution in [0.4, 0.5) is 0 Å². The minimum atomic E-state index is -4.14. The molecule has 1 aliphatic heterocycles. The van der Waals surface area contributed by atoms with Crippen LogP contribution < -0.4 is 0 Å². The minimum absolute atomic E-state index is 0.101. The van der Waals surface area contributed by atoms with Gasteiger partial charge in [-0.05, 0) is 12.1 Å². The Morgan fingerprint density at radius 2 is 1.68 bits per heavy atom. The lowest BCUT2D eigenvalue weighted by atomic mass is 9.83. The zero-order chi connectivity index (χ0) is 15.6. The molecular formula is C15H7NO5S. The van der Waals surface area contributed by atoms with Gasteiger partial charge in [0.2, 0.25) is 0 Å². The number of hydrogen-bond acceptors (Lipinski definition) is 4. The molecule has 0 unspecified atom stereocenters. The van der Waals surface area contributed by atoms with Gasteiger partial charge in [0.05, 0.1) is 11.3 Å². The van der Waals surface area contributed by atoms with Crippen molar-refractivity contribution in [2.75, 3.05) is 0 Å². The van der Waals surface area contributed by atoms with Gasteiger partial charge in [-0.15, -0.1) is 0 Å². The van der Waals surface area contributed by atoms with Crippen molar-refractivity contribution in [3.63, 3.8) is 0 Å². The molecule has 7 heteroatoms. The normalized spacial score (nSPS) is 16.7. The number of fused-ring (bicyclic) bond motifs is 2. The average Bonchev–Trinajstić information content (AvgIpc) is 2.77. The Morgan fingerprint density at radius 1 is 1.00 bits per heavy atom. The topological polar surface area (TPSA) is 101 Å². The Balaban J connectivity index is 2.20. The van der Waals surface area contributed by atoms with Gasteiger partial charge in [0.1, 0.15) is 4.90 Å². The number of hydrogen-bond donors (Lipinski definition) is 1. The summed E-state index contributed by atoms with van der Waals surface area (Å²) in [6.45, 7) is 0. The number of nitrogens with zero attached hydrogens (tertiary/aromatic N) is 1. The Morgan fingerprint density at radius 3 is 2.36 bits per heavy atom. The van der Waals surface area contributed by atoms with Crippen LogP contribution in [-0.2, 0) is 10.0 Å². The maximum Gasteiger partial charge on any atom is 0.337 e. The molecule has 22 heavy (non-hydrogen) atoms. The van der Waals surface area contributed by atoms with E-state index in [1.54, 1.807) is 24.3 Å². The zero-order valence-corrected chi connectivity index (χ0v) is 11.7. The van der Waals surface area contributed by atoms with Gasteiger partial charge < -0.3 is 5.11 Å². The first-order chi connectivity index (χ1) is 10.4. The number of aromatic carboxylic acids is 1. The number of sulfonamides is 1. The first kappa shape index (κ1) is 12.9. The molecule has 0 aromatic heterocycles. The molecule has 6 nitrogen and oxygen atoms in total. The number of carbonyl (C=O) groups is 2. The molecule has 0 saturated heterocycles. The molecule has 2 aromatic rings. The van der Waals surface area contributed by atoms with E-state index in [2.05, 4.69) is 4.40 Å². The average molecular weight is 313 g/mol. The fourth-order valence-electron chi connectivity index (χ4n) is 2.87. The largest absolute Gasteiger partial charge is 0.478 e. The van der Waals surface area contributed by atoms with Crippen LogP contribution in [0, 0.1) is 0 Å². The molecule has 2 aromatic carbocycles. The molecule has 2 aliphatic rings. The summed E-state index contributed by atoms with van der Waals surface area (Å²) in [6.07, 6.45) is 0. The van der Waals surface area contributed by atoms with Crippen molar-refractivity contribution in [1.29, 1.82) is 0 Å². The van der Waals surface area contributed by atoms with Gasteiger partial charge in [-0.25, -0.2) is 4.79 Å². The molecule has 0 fully saturated rings. The third-order valence-electron chi connectivity index (χ3n) is 3.77. The van der Waals surface area contributed by atoms with Gasteiger partial charge in [-0.2, -0.15) is 12.8 Å². The van der Waals surface area contributed by atoms with Crippen LogP contribution in [-0.4, -0.2) is 31.0 Å². The lowest BCUT2D eigenvalue weighted by molar-refractivity contribution is 0.0692. The summed E-state index contributed by atoms with van der Waals surface area (Å²) in [5, 5.41) is 9.21. The highest BCUT2D eigenvalue weighted by atomic mass is 32.2. The highest BCUT2D eigenvalue weighted by Crippen LogP contribution is 2.39. The van der Waals surface area contributed by atoms with Crippen LogP contribution in [0.5, 0.6) is 0 Å². The number of ketones is 1. The van der Waals surface area contributed by atoms with Crippen molar-refractivity contribution in [2.45, 2.75) is 4.90 Å². The van der Waals surface area contributed by atoms with Crippen molar-refractivity contribution < 1.29 is 23.1 Å². The second-order valence-corrected chi connectivity index (χ2v) is 6.50. The molecule has 0 atom stereocenters. The Labute approximate surface area is 124 Å². The van der Waals surface area contributed by atoms with Crippen molar-refractivity contribution in [3.8, 4) is 0 Å². The number of carboxylic acid groups (broad SMARTS) is 1. The van der Waals surface area contributed by atoms with Crippen LogP contribution in [0.3, 0.4) is 0 Å². The van der Waals surface area contributed by atoms with E-state index in [4.69, 9.17) is 0 Å². The van der Waals surface area contributed by atoms with Crippen molar-refractivity contribution in [3.05, 3.63) is 64.2 Å². The number of benzene rings is 2. The molecular weight excluding hydrogens is 306 g/mol. The van der Waals surface area contributed by atoms with Gasteiger partial charge in [0, 0.05) is 22.3 Å². The predicted molar refractivity (Wildman–Crippen MR) is 76.1 cm³/mol. The van der Waals surface area contributed by atoms with E-state index >= 15 is 0 Å². The third kappa shape index (κ3) is 1.43. The van der Waals surface area contributed by atoms with E-state index in [1.165, 1.54) is 6.07 Å². The van der Waals surface area contributed by atoms with Crippen molar-refractivity contribution >= 4 is 27.5 Å². The fourth-order valence-corrected chi connectivity index (χ4v) is 4.29. The molecule has 108 valence electrons. The molecule has 0 amide bonds. The second kappa shape index (κ2) is 3.89. The van der Waals surface area contributed by atoms with E-state index in [0.29, 0.717) is 11.1 Å². The van der Waals surface area contributed by atoms with Crippen molar-refractivity contribution in [2.24, 2.45) is 4.40 Å². The molecule has 0 radical (unpaired) electrons. The monoisotopic (exact) mass is 313 g/mol. The Bertz CT molecular complexity index is 1030. The van der Waals surface area contributed by atoms with E-state index in [-0.39, 0.29) is 28.2 Å². The summed E-state index contributed by atoms with van der Waals surface area (Å²) in [6, 6.07) is 9.03. The summed E-state index contributed by atoms with van der Waals surface area (Å²) in [4.78, 5) is 23.4. The summed E-state index contributed by atoms with van der Waals surface area (Å²) in [5.74, 6) is -1.70. The quantitative estimate of drug-likeness (QED) is 0.733. The smallest absolute Gasteiger partial charge is 0.337 e. The lowest BCUT2D eigenvalue weighted by Gasteiger charge is -2.18. The van der Waals surface area contributed by atoms with Gasteiger partial charge in [-0.3, -0.25) is 4.79 Å². The van der Waals surface area contributed by atoms with Gasteiger partial charge in [-0.1, -0.05) is 24.3 Å². The van der Waals surface area contributed by atoms with Gasteiger partial charge in [0.15, 0.2) is 5.78 Å². The van der Waals surface area contributed by atoms with E-state index < -0.39 is 20.9 Å². The number of rotatable bonds is 1. The second-order valence-electron chi connectivity index (χ2n) is 4.96. The minimum Gasteiger partial charge on any atom is -0.478 e. The highest BCUT2D eigenvalue weighted by molar-refractivity contribution is 7.91. The molecule has 0 saturated carbocycles. The maximum absolute atomic E-state index is 12.5. The van der Waals surface area contributed by atoms with Gasteiger partial charge >= 0.3 is 5.97 Å². The number of carboxylic acids is 1. The SMILES string of the molecule is O=C1c2ccccc2C2=NS(=O)(=O)c3c(C(=O)O)ccc1c32. The summed E-state index contributed by atoms with van der Waals surface area (Å²) >= 11 is 0. The summed E-state index contributed by atoms with van der Waals surface area (Å²) in [5.41, 5.74) is 0.805.